The molecule has 1 N–H and O–H groups in total. The number of hydrogen-bond acceptors (Lipinski definition) is 1. The number of carboxylic acids is 1. The number of aliphatic carboxylic acids is 1. The van der Waals surface area contributed by atoms with Gasteiger partial charge in [0.15, 0.2) is 0 Å². The van der Waals surface area contributed by atoms with Crippen molar-refractivity contribution in [1.82, 2.24) is 0 Å². The van der Waals surface area contributed by atoms with Crippen molar-refractivity contribution in [3.05, 3.63) is 0 Å². The highest BCUT2D eigenvalue weighted by atomic mass is 16.4. The van der Waals surface area contributed by atoms with Crippen LogP contribution in [0.2, 0.25) is 0 Å². The zero-order valence-corrected chi connectivity index (χ0v) is 5.26. The maximum absolute atomic E-state index is 10.4. The van der Waals surface area contributed by atoms with E-state index in [1.165, 1.54) is 19.3 Å². The first kappa shape index (κ1) is 5.27. The summed E-state index contributed by atoms with van der Waals surface area (Å²) in [6.45, 7) is 0. The monoisotopic (exact) mass is 126 g/mol. The Morgan fingerprint density at radius 2 is 2.22 bits per heavy atom. The van der Waals surface area contributed by atoms with E-state index < -0.39 is 5.97 Å². The molecule has 2 saturated carbocycles. The molecule has 0 aromatic rings. The van der Waals surface area contributed by atoms with Gasteiger partial charge in [-0.2, -0.15) is 0 Å². The summed E-state index contributed by atoms with van der Waals surface area (Å²) in [5.74, 6) is -0.541. The van der Waals surface area contributed by atoms with Gasteiger partial charge in [-0.3, -0.25) is 4.79 Å². The number of hydrogen-bond donors (Lipinski definition) is 1. The smallest absolute Gasteiger partial charge is 0.307 e. The van der Waals surface area contributed by atoms with Gasteiger partial charge in [-0.25, -0.2) is 0 Å². The van der Waals surface area contributed by atoms with Crippen molar-refractivity contribution in [2.45, 2.75) is 25.7 Å². The van der Waals surface area contributed by atoms with Gasteiger partial charge in [0.05, 0.1) is 5.92 Å². The van der Waals surface area contributed by atoms with Crippen molar-refractivity contribution in [2.75, 3.05) is 0 Å². The lowest BCUT2D eigenvalue weighted by Gasteiger charge is -2.25. The zero-order valence-electron chi connectivity index (χ0n) is 5.26. The number of carbonyl (C=O) groups is 1. The van der Waals surface area contributed by atoms with E-state index in [4.69, 9.17) is 5.11 Å². The molecule has 0 heterocycles. The predicted octanol–water partition coefficient (Wildman–Crippen LogP) is 1.26. The van der Waals surface area contributed by atoms with E-state index in [9.17, 15) is 4.79 Å². The normalized spacial score (nSPS) is 35.8. The van der Waals surface area contributed by atoms with Crippen LogP contribution in [0.15, 0.2) is 0 Å². The molecular weight excluding hydrogens is 116 g/mol. The Hall–Kier alpha value is -0.530. The highest BCUT2D eigenvalue weighted by molar-refractivity contribution is 5.75. The Morgan fingerprint density at radius 3 is 2.33 bits per heavy atom. The maximum Gasteiger partial charge on any atom is 0.307 e. The van der Waals surface area contributed by atoms with Crippen LogP contribution in [0.1, 0.15) is 25.7 Å². The van der Waals surface area contributed by atoms with E-state index in [-0.39, 0.29) is 5.92 Å². The molecule has 0 aliphatic heterocycles. The fourth-order valence-electron chi connectivity index (χ4n) is 1.88. The molecule has 0 aromatic heterocycles. The number of rotatable bonds is 1. The second-order valence-electron chi connectivity index (χ2n) is 3.31. The summed E-state index contributed by atoms with van der Waals surface area (Å²) in [6.07, 6.45) is 4.56. The van der Waals surface area contributed by atoms with Crippen LogP contribution < -0.4 is 0 Å². The molecule has 0 amide bonds. The summed E-state index contributed by atoms with van der Waals surface area (Å²) in [5.41, 5.74) is 0.311. The summed E-state index contributed by atoms with van der Waals surface area (Å²) in [4.78, 5) is 10.4. The maximum atomic E-state index is 10.4. The molecule has 1 atom stereocenters. The van der Waals surface area contributed by atoms with Crippen LogP contribution in [-0.2, 0) is 4.79 Å². The van der Waals surface area contributed by atoms with Gasteiger partial charge < -0.3 is 5.11 Å². The second-order valence-corrected chi connectivity index (χ2v) is 3.31. The van der Waals surface area contributed by atoms with Crippen molar-refractivity contribution in [3.63, 3.8) is 0 Å². The standard InChI is InChI=1S/C7H10O2/c8-6(9)5-4-7(5)2-1-3-7/h5H,1-4H2,(H,8,9)/t5-/m0/s1. The Bertz CT molecular complexity index is 158. The molecule has 2 aliphatic rings. The fraction of sp³-hybridized carbons (Fsp3) is 0.857. The summed E-state index contributed by atoms with van der Waals surface area (Å²) < 4.78 is 0. The predicted molar refractivity (Wildman–Crippen MR) is 32.0 cm³/mol. The van der Waals surface area contributed by atoms with Gasteiger partial charge in [0, 0.05) is 0 Å². The summed E-state index contributed by atoms with van der Waals surface area (Å²) in [6, 6.07) is 0. The SMILES string of the molecule is O=C(O)[C@@H]1CC12CCC2. The Morgan fingerprint density at radius 1 is 1.56 bits per heavy atom. The average Bonchev–Trinajstić information content (AvgIpc) is 2.34. The summed E-state index contributed by atoms with van der Waals surface area (Å²) >= 11 is 0. The van der Waals surface area contributed by atoms with Gasteiger partial charge >= 0.3 is 5.97 Å². The lowest BCUT2D eigenvalue weighted by Crippen LogP contribution is -2.18. The lowest BCUT2D eigenvalue weighted by molar-refractivity contribution is -0.140. The van der Waals surface area contributed by atoms with Crippen LogP contribution in [0.5, 0.6) is 0 Å². The first-order chi connectivity index (χ1) is 4.25. The molecule has 0 bridgehead atoms. The van der Waals surface area contributed by atoms with E-state index in [0.717, 1.165) is 6.42 Å². The van der Waals surface area contributed by atoms with Crippen LogP contribution in [-0.4, -0.2) is 11.1 Å². The molecule has 2 fully saturated rings. The molecule has 2 aliphatic carbocycles. The van der Waals surface area contributed by atoms with Crippen LogP contribution in [0.3, 0.4) is 0 Å². The van der Waals surface area contributed by atoms with E-state index in [1.807, 2.05) is 0 Å². The summed E-state index contributed by atoms with van der Waals surface area (Å²) in [7, 11) is 0. The van der Waals surface area contributed by atoms with Gasteiger partial charge in [0.2, 0.25) is 0 Å². The Labute approximate surface area is 53.9 Å². The van der Waals surface area contributed by atoms with E-state index in [1.54, 1.807) is 0 Å². The third-order valence-electron chi connectivity index (χ3n) is 2.84. The largest absolute Gasteiger partial charge is 0.481 e. The Kier molecular flexibility index (Phi) is 0.765. The molecular formula is C7H10O2. The van der Waals surface area contributed by atoms with E-state index in [2.05, 4.69) is 0 Å². The molecule has 0 saturated heterocycles. The summed E-state index contributed by atoms with van der Waals surface area (Å²) in [5, 5.41) is 8.55. The molecule has 0 radical (unpaired) electrons. The second kappa shape index (κ2) is 1.31. The molecule has 9 heavy (non-hydrogen) atoms. The minimum absolute atomic E-state index is 0.0336. The van der Waals surface area contributed by atoms with Gasteiger partial charge in [-0.15, -0.1) is 0 Å². The fourth-order valence-corrected chi connectivity index (χ4v) is 1.88. The van der Waals surface area contributed by atoms with Crippen LogP contribution >= 0.6 is 0 Å². The quantitative estimate of drug-likeness (QED) is 0.574. The van der Waals surface area contributed by atoms with Gasteiger partial charge in [-0.1, -0.05) is 6.42 Å². The third-order valence-corrected chi connectivity index (χ3v) is 2.84. The van der Waals surface area contributed by atoms with Gasteiger partial charge in [0.1, 0.15) is 0 Å². The molecule has 0 unspecified atom stereocenters. The Balaban J connectivity index is 2.01. The van der Waals surface area contributed by atoms with Crippen LogP contribution in [0, 0.1) is 11.3 Å². The highest BCUT2D eigenvalue weighted by Crippen LogP contribution is 2.65. The molecule has 1 spiro atoms. The minimum Gasteiger partial charge on any atom is -0.481 e. The molecule has 2 heteroatoms. The zero-order chi connectivity index (χ0) is 6.48. The highest BCUT2D eigenvalue weighted by Gasteiger charge is 2.61. The van der Waals surface area contributed by atoms with Gasteiger partial charge in [0.25, 0.3) is 0 Å². The number of carboxylic acid groups (broad SMARTS) is 1. The third kappa shape index (κ3) is 0.533. The molecule has 0 aromatic carbocycles. The molecule has 2 rings (SSSR count). The van der Waals surface area contributed by atoms with Gasteiger partial charge in [-0.05, 0) is 24.7 Å². The average molecular weight is 126 g/mol. The topological polar surface area (TPSA) is 37.3 Å². The van der Waals surface area contributed by atoms with Crippen LogP contribution in [0.4, 0.5) is 0 Å². The van der Waals surface area contributed by atoms with Crippen molar-refractivity contribution < 1.29 is 9.90 Å². The van der Waals surface area contributed by atoms with Crippen LogP contribution in [0.25, 0.3) is 0 Å². The van der Waals surface area contributed by atoms with E-state index >= 15 is 0 Å². The van der Waals surface area contributed by atoms with Crippen molar-refractivity contribution in [2.24, 2.45) is 11.3 Å². The minimum atomic E-state index is -0.574. The first-order valence-electron chi connectivity index (χ1n) is 3.47. The van der Waals surface area contributed by atoms with Crippen molar-refractivity contribution >= 4 is 5.97 Å². The van der Waals surface area contributed by atoms with Crippen molar-refractivity contribution in [1.29, 1.82) is 0 Å². The molecule has 50 valence electrons. The van der Waals surface area contributed by atoms with E-state index in [0.29, 0.717) is 5.41 Å². The molecule has 2 nitrogen and oxygen atoms in total. The lowest BCUT2D eigenvalue weighted by atomic mass is 9.80. The first-order valence-corrected chi connectivity index (χ1v) is 3.47. The van der Waals surface area contributed by atoms with Crippen molar-refractivity contribution in [3.8, 4) is 0 Å².